The Morgan fingerprint density at radius 1 is 1.44 bits per heavy atom. The van der Waals surface area contributed by atoms with E-state index in [0.717, 1.165) is 21.2 Å². The molecule has 1 unspecified atom stereocenters. The van der Waals surface area contributed by atoms with Crippen LogP contribution in [-0.2, 0) is 0 Å². The van der Waals surface area contributed by atoms with Gasteiger partial charge in [0.25, 0.3) is 0 Å². The highest BCUT2D eigenvalue weighted by molar-refractivity contribution is 9.10. The molecule has 0 aliphatic heterocycles. The van der Waals surface area contributed by atoms with Crippen molar-refractivity contribution in [3.63, 3.8) is 0 Å². The molecule has 0 bridgehead atoms. The summed E-state index contributed by atoms with van der Waals surface area (Å²) in [5, 5.41) is 10.6. The van der Waals surface area contributed by atoms with E-state index in [1.54, 1.807) is 20.1 Å². The number of hydrogen-bond acceptors (Lipinski definition) is 3. The first-order valence-electron chi connectivity index (χ1n) is 4.99. The number of furan rings is 1. The van der Waals surface area contributed by atoms with E-state index >= 15 is 0 Å². The van der Waals surface area contributed by atoms with E-state index in [-0.39, 0.29) is 0 Å². The van der Waals surface area contributed by atoms with Crippen molar-refractivity contribution >= 4 is 26.9 Å². The molecule has 0 aliphatic rings. The van der Waals surface area contributed by atoms with Gasteiger partial charge in [0.05, 0.1) is 13.2 Å². The smallest absolute Gasteiger partial charge is 0.177 e. The molecule has 0 radical (unpaired) electrons. The molecule has 0 amide bonds. The van der Waals surface area contributed by atoms with Gasteiger partial charge in [-0.3, -0.25) is 0 Å². The van der Waals surface area contributed by atoms with Crippen LogP contribution in [0.4, 0.5) is 0 Å². The van der Waals surface area contributed by atoms with Crippen LogP contribution >= 0.6 is 15.9 Å². The van der Waals surface area contributed by atoms with Gasteiger partial charge in [0.1, 0.15) is 5.76 Å². The van der Waals surface area contributed by atoms with Gasteiger partial charge >= 0.3 is 0 Å². The summed E-state index contributed by atoms with van der Waals surface area (Å²) in [5.41, 5.74) is 1.50. The zero-order chi connectivity index (χ0) is 11.9. The van der Waals surface area contributed by atoms with Crippen molar-refractivity contribution in [3.05, 3.63) is 27.9 Å². The predicted octanol–water partition coefficient (Wildman–Crippen LogP) is 3.57. The molecular weight excluding hydrogens is 272 g/mol. The molecular formula is C12H13BrO3. The molecule has 0 spiro atoms. The number of aliphatic hydroxyl groups excluding tert-OH is 1. The predicted molar refractivity (Wildman–Crippen MR) is 65.8 cm³/mol. The number of rotatable bonds is 2. The average Bonchev–Trinajstić information content (AvgIpc) is 2.60. The molecule has 3 nitrogen and oxygen atoms in total. The molecule has 2 aromatic rings. The van der Waals surface area contributed by atoms with Crippen molar-refractivity contribution in [2.24, 2.45) is 0 Å². The van der Waals surface area contributed by atoms with E-state index in [9.17, 15) is 5.11 Å². The van der Waals surface area contributed by atoms with Crippen molar-refractivity contribution in [1.29, 1.82) is 0 Å². The van der Waals surface area contributed by atoms with E-state index < -0.39 is 6.10 Å². The zero-order valence-corrected chi connectivity index (χ0v) is 11.0. The number of halogens is 1. The van der Waals surface area contributed by atoms with E-state index in [4.69, 9.17) is 9.15 Å². The second-order valence-corrected chi connectivity index (χ2v) is 4.55. The molecule has 1 atom stereocenters. The summed E-state index contributed by atoms with van der Waals surface area (Å²) in [5.74, 6) is 1.46. The fourth-order valence-corrected chi connectivity index (χ4v) is 2.48. The largest absolute Gasteiger partial charge is 0.493 e. The average molecular weight is 285 g/mol. The second kappa shape index (κ2) is 4.11. The van der Waals surface area contributed by atoms with Gasteiger partial charge in [-0.05, 0) is 47.5 Å². The number of ether oxygens (including phenoxy) is 1. The lowest BCUT2D eigenvalue weighted by Gasteiger charge is -2.10. The summed E-state index contributed by atoms with van der Waals surface area (Å²) in [6.07, 6.45) is -0.553. The van der Waals surface area contributed by atoms with Gasteiger partial charge in [-0.25, -0.2) is 0 Å². The van der Waals surface area contributed by atoms with E-state index in [0.29, 0.717) is 11.3 Å². The van der Waals surface area contributed by atoms with Gasteiger partial charge in [-0.2, -0.15) is 0 Å². The number of fused-ring (bicyclic) bond motifs is 1. The van der Waals surface area contributed by atoms with Crippen LogP contribution < -0.4 is 4.74 Å². The molecule has 1 aromatic carbocycles. The normalized spacial score (nSPS) is 13.1. The maximum absolute atomic E-state index is 9.67. The molecule has 4 heteroatoms. The molecule has 1 heterocycles. The van der Waals surface area contributed by atoms with Gasteiger partial charge in [0.15, 0.2) is 11.3 Å². The van der Waals surface area contributed by atoms with Gasteiger partial charge in [-0.1, -0.05) is 0 Å². The summed E-state index contributed by atoms with van der Waals surface area (Å²) < 4.78 is 11.7. The Morgan fingerprint density at radius 3 is 2.69 bits per heavy atom. The summed E-state index contributed by atoms with van der Waals surface area (Å²) in [4.78, 5) is 0. The van der Waals surface area contributed by atoms with Crippen LogP contribution in [-0.4, -0.2) is 12.2 Å². The summed E-state index contributed by atoms with van der Waals surface area (Å²) in [7, 11) is 1.59. The lowest BCUT2D eigenvalue weighted by Crippen LogP contribution is -1.95. The molecule has 0 saturated heterocycles. The van der Waals surface area contributed by atoms with E-state index in [1.807, 2.05) is 13.0 Å². The molecule has 1 N–H and O–H groups in total. The van der Waals surface area contributed by atoms with Crippen LogP contribution in [0.15, 0.2) is 21.0 Å². The highest BCUT2D eigenvalue weighted by Gasteiger charge is 2.17. The van der Waals surface area contributed by atoms with Crippen molar-refractivity contribution in [3.8, 4) is 5.75 Å². The Balaban J connectivity index is 2.82. The van der Waals surface area contributed by atoms with Crippen LogP contribution in [0.5, 0.6) is 5.75 Å². The standard InChI is InChI=1S/C12H13BrO3/c1-6-4-9-11(13)8(7(2)14)5-10(15-3)12(9)16-6/h4-5,7,14H,1-3H3. The first-order chi connectivity index (χ1) is 7.54. The Kier molecular flexibility index (Phi) is 2.95. The van der Waals surface area contributed by atoms with Crippen LogP contribution in [0.25, 0.3) is 11.0 Å². The number of benzene rings is 1. The minimum Gasteiger partial charge on any atom is -0.493 e. The number of aliphatic hydroxyl groups is 1. The lowest BCUT2D eigenvalue weighted by molar-refractivity contribution is 0.198. The first kappa shape index (κ1) is 11.5. The summed E-state index contributed by atoms with van der Waals surface area (Å²) >= 11 is 3.48. The van der Waals surface area contributed by atoms with Crippen LogP contribution in [0.3, 0.4) is 0 Å². The van der Waals surface area contributed by atoms with E-state index in [2.05, 4.69) is 15.9 Å². The molecule has 0 fully saturated rings. The highest BCUT2D eigenvalue weighted by Crippen LogP contribution is 2.39. The second-order valence-electron chi connectivity index (χ2n) is 3.76. The van der Waals surface area contributed by atoms with Gasteiger partial charge in [0, 0.05) is 9.86 Å². The Bertz CT molecular complexity index is 529. The van der Waals surface area contributed by atoms with Crippen molar-refractivity contribution in [1.82, 2.24) is 0 Å². The highest BCUT2D eigenvalue weighted by atomic mass is 79.9. The third-order valence-electron chi connectivity index (χ3n) is 2.53. The minimum atomic E-state index is -0.553. The monoisotopic (exact) mass is 284 g/mol. The number of methoxy groups -OCH3 is 1. The fraction of sp³-hybridized carbons (Fsp3) is 0.333. The topological polar surface area (TPSA) is 42.6 Å². The fourth-order valence-electron chi connectivity index (χ4n) is 1.74. The Labute approximate surface area is 102 Å². The Hall–Kier alpha value is -1.00. The molecule has 16 heavy (non-hydrogen) atoms. The Morgan fingerprint density at radius 2 is 2.12 bits per heavy atom. The van der Waals surface area contributed by atoms with Gasteiger partial charge in [-0.15, -0.1) is 0 Å². The molecule has 2 rings (SSSR count). The number of hydrogen-bond donors (Lipinski definition) is 1. The third-order valence-corrected chi connectivity index (χ3v) is 3.41. The maximum atomic E-state index is 9.67. The SMILES string of the molecule is COc1cc(C(C)O)c(Br)c2cc(C)oc12. The van der Waals surface area contributed by atoms with Gasteiger partial charge < -0.3 is 14.3 Å². The zero-order valence-electron chi connectivity index (χ0n) is 9.37. The molecule has 0 aliphatic carbocycles. The minimum absolute atomic E-state index is 0.553. The van der Waals surface area contributed by atoms with Gasteiger partial charge in [0.2, 0.25) is 0 Å². The van der Waals surface area contributed by atoms with Crippen molar-refractivity contribution in [2.45, 2.75) is 20.0 Å². The van der Waals surface area contributed by atoms with E-state index in [1.165, 1.54) is 0 Å². The summed E-state index contributed by atoms with van der Waals surface area (Å²) in [6.45, 7) is 3.60. The maximum Gasteiger partial charge on any atom is 0.177 e. The summed E-state index contributed by atoms with van der Waals surface area (Å²) in [6, 6.07) is 3.72. The van der Waals surface area contributed by atoms with Crippen LogP contribution in [0.1, 0.15) is 24.4 Å². The molecule has 1 aromatic heterocycles. The van der Waals surface area contributed by atoms with Crippen LogP contribution in [0, 0.1) is 6.92 Å². The van der Waals surface area contributed by atoms with Crippen molar-refractivity contribution in [2.75, 3.05) is 7.11 Å². The molecule has 86 valence electrons. The molecule has 0 saturated carbocycles. The quantitative estimate of drug-likeness (QED) is 0.917. The number of aryl methyl sites for hydroxylation is 1. The van der Waals surface area contributed by atoms with Crippen LogP contribution in [0.2, 0.25) is 0 Å². The first-order valence-corrected chi connectivity index (χ1v) is 5.78. The van der Waals surface area contributed by atoms with Crippen molar-refractivity contribution < 1.29 is 14.3 Å². The lowest BCUT2D eigenvalue weighted by atomic mass is 10.1. The third kappa shape index (κ3) is 1.72.